The highest BCUT2D eigenvalue weighted by atomic mass is 35.5. The second kappa shape index (κ2) is 9.38. The summed E-state index contributed by atoms with van der Waals surface area (Å²) in [7, 11) is 0.701. The summed E-state index contributed by atoms with van der Waals surface area (Å²) in [5, 5.41) is 6.41. The van der Waals surface area contributed by atoms with Crippen molar-refractivity contribution in [2.24, 2.45) is 0 Å². The van der Waals surface area contributed by atoms with E-state index >= 15 is 0 Å². The van der Waals surface area contributed by atoms with E-state index in [9.17, 15) is 13.2 Å². The number of carbonyl (C=O) groups excluding carboxylic acids is 1. The zero-order chi connectivity index (χ0) is 20.9. The first kappa shape index (κ1) is 22.2. The second-order valence-corrected chi connectivity index (χ2v) is 8.88. The highest BCUT2D eigenvalue weighted by Crippen LogP contribution is 2.28. The first-order chi connectivity index (χ1) is 13.2. The van der Waals surface area contributed by atoms with E-state index < -0.39 is 10.0 Å². The Balaban J connectivity index is 2.11. The fraction of sp³-hybridized carbons (Fsp3) is 0.316. The average molecular weight is 426 g/mol. The average Bonchev–Trinajstić information content (AvgIpc) is 2.66. The molecule has 152 valence electrons. The van der Waals surface area contributed by atoms with Crippen LogP contribution in [0.25, 0.3) is 0 Å². The van der Waals surface area contributed by atoms with Crippen molar-refractivity contribution < 1.29 is 17.9 Å². The normalized spacial score (nSPS) is 12.6. The molecule has 0 spiro atoms. The third kappa shape index (κ3) is 5.23. The fourth-order valence-electron chi connectivity index (χ4n) is 2.53. The molecular formula is C19H24ClN3O4S. The summed E-state index contributed by atoms with van der Waals surface area (Å²) in [4.78, 5) is 12.4. The summed E-state index contributed by atoms with van der Waals surface area (Å²) in [5.74, 6) is 0.0295. The predicted molar refractivity (Wildman–Crippen MR) is 110 cm³/mol. The van der Waals surface area contributed by atoms with Crippen molar-refractivity contribution in [1.82, 2.24) is 9.62 Å². The number of amides is 1. The largest absolute Gasteiger partial charge is 0.495 e. The van der Waals surface area contributed by atoms with E-state index in [1.807, 2.05) is 25.1 Å². The van der Waals surface area contributed by atoms with Gasteiger partial charge in [-0.1, -0.05) is 29.8 Å². The van der Waals surface area contributed by atoms with Crippen LogP contribution in [0.2, 0.25) is 5.02 Å². The van der Waals surface area contributed by atoms with Gasteiger partial charge in [-0.3, -0.25) is 4.79 Å². The van der Waals surface area contributed by atoms with Gasteiger partial charge in [-0.2, -0.15) is 0 Å². The maximum absolute atomic E-state index is 12.4. The summed E-state index contributed by atoms with van der Waals surface area (Å²) < 4.78 is 31.0. The lowest BCUT2D eigenvalue weighted by atomic mass is 10.1. The van der Waals surface area contributed by atoms with Crippen LogP contribution in [-0.2, 0) is 14.8 Å². The van der Waals surface area contributed by atoms with Gasteiger partial charge < -0.3 is 15.4 Å². The number of carbonyl (C=O) groups is 1. The summed E-state index contributed by atoms with van der Waals surface area (Å²) in [5.41, 5.74) is 1.16. The molecule has 0 radical (unpaired) electrons. The number of hydrogen-bond donors (Lipinski definition) is 2. The lowest BCUT2D eigenvalue weighted by molar-refractivity contribution is -0.115. The number of hydrogen-bond acceptors (Lipinski definition) is 5. The number of benzene rings is 2. The van der Waals surface area contributed by atoms with Crippen molar-refractivity contribution >= 4 is 33.2 Å². The van der Waals surface area contributed by atoms with Gasteiger partial charge in [-0.25, -0.2) is 12.7 Å². The molecule has 9 heteroatoms. The van der Waals surface area contributed by atoms with Gasteiger partial charge in [0.15, 0.2) is 0 Å². The van der Waals surface area contributed by atoms with Crippen molar-refractivity contribution in [3.63, 3.8) is 0 Å². The molecule has 0 bridgehead atoms. The second-order valence-electron chi connectivity index (χ2n) is 6.32. The standard InChI is InChI=1S/C19H24ClN3O4S/c1-13(15-7-5-6-8-16(15)20)21-12-19(24)22-17-11-14(9-10-18(17)27-4)28(25,26)23(2)3/h5-11,13,21H,12H2,1-4H3,(H,22,24)/t13-/m0/s1. The lowest BCUT2D eigenvalue weighted by Crippen LogP contribution is -2.30. The Hall–Kier alpha value is -2.13. The maximum Gasteiger partial charge on any atom is 0.242 e. The number of ether oxygens (including phenoxy) is 1. The van der Waals surface area contributed by atoms with Gasteiger partial charge in [0.05, 0.1) is 24.2 Å². The Morgan fingerprint density at radius 2 is 1.89 bits per heavy atom. The van der Waals surface area contributed by atoms with Gasteiger partial charge in [0.1, 0.15) is 5.75 Å². The third-order valence-corrected chi connectivity index (χ3v) is 6.32. The van der Waals surface area contributed by atoms with Crippen molar-refractivity contribution in [2.75, 3.05) is 33.1 Å². The van der Waals surface area contributed by atoms with Gasteiger partial charge in [0, 0.05) is 25.2 Å². The number of methoxy groups -OCH3 is 1. The van der Waals surface area contributed by atoms with Crippen LogP contribution in [-0.4, -0.2) is 46.4 Å². The van der Waals surface area contributed by atoms with Crippen LogP contribution >= 0.6 is 11.6 Å². The zero-order valence-corrected chi connectivity index (χ0v) is 17.8. The highest BCUT2D eigenvalue weighted by Gasteiger charge is 2.20. The molecule has 0 saturated heterocycles. The Morgan fingerprint density at radius 3 is 2.50 bits per heavy atom. The summed E-state index contributed by atoms with van der Waals surface area (Å²) in [6.07, 6.45) is 0. The Morgan fingerprint density at radius 1 is 1.21 bits per heavy atom. The van der Waals surface area contributed by atoms with Gasteiger partial charge in [0.25, 0.3) is 0 Å². The molecule has 0 fully saturated rings. The van der Waals surface area contributed by atoms with Crippen molar-refractivity contribution in [3.05, 3.63) is 53.1 Å². The smallest absolute Gasteiger partial charge is 0.242 e. The van der Waals surface area contributed by atoms with E-state index in [-0.39, 0.29) is 29.1 Å². The minimum absolute atomic E-state index is 0.0141. The molecule has 0 saturated carbocycles. The molecule has 7 nitrogen and oxygen atoms in total. The molecule has 0 aromatic heterocycles. The minimum Gasteiger partial charge on any atom is -0.495 e. The molecule has 2 rings (SSSR count). The van der Waals surface area contributed by atoms with Crippen LogP contribution in [0.3, 0.4) is 0 Å². The zero-order valence-electron chi connectivity index (χ0n) is 16.2. The van der Waals surface area contributed by atoms with Crippen LogP contribution in [0.4, 0.5) is 5.69 Å². The van der Waals surface area contributed by atoms with E-state index in [4.69, 9.17) is 16.3 Å². The van der Waals surface area contributed by atoms with Crippen LogP contribution in [0.15, 0.2) is 47.4 Å². The highest BCUT2D eigenvalue weighted by molar-refractivity contribution is 7.89. The van der Waals surface area contributed by atoms with Gasteiger partial charge in [-0.05, 0) is 36.8 Å². The van der Waals surface area contributed by atoms with E-state index in [2.05, 4.69) is 10.6 Å². The monoisotopic (exact) mass is 425 g/mol. The van der Waals surface area contributed by atoms with E-state index in [0.29, 0.717) is 10.8 Å². The Bertz CT molecular complexity index is 948. The van der Waals surface area contributed by atoms with Gasteiger partial charge in [0.2, 0.25) is 15.9 Å². The Kier molecular flexibility index (Phi) is 7.42. The number of nitrogens with one attached hydrogen (secondary N) is 2. The molecule has 2 N–H and O–H groups in total. The quantitative estimate of drug-likeness (QED) is 0.679. The topological polar surface area (TPSA) is 87.7 Å². The number of anilines is 1. The maximum atomic E-state index is 12.4. The summed E-state index contributed by atoms with van der Waals surface area (Å²) >= 11 is 6.17. The van der Waals surface area contributed by atoms with Crippen LogP contribution < -0.4 is 15.4 Å². The number of sulfonamides is 1. The number of rotatable bonds is 8. The number of nitrogens with zero attached hydrogens (tertiary/aromatic N) is 1. The van der Waals surface area contributed by atoms with Gasteiger partial charge >= 0.3 is 0 Å². The van der Waals surface area contributed by atoms with Crippen LogP contribution in [0.1, 0.15) is 18.5 Å². The summed E-state index contributed by atoms with van der Waals surface area (Å²) in [6, 6.07) is 11.6. The van der Waals surface area contributed by atoms with Crippen molar-refractivity contribution in [3.8, 4) is 5.75 Å². The molecule has 2 aromatic rings. The third-order valence-electron chi connectivity index (χ3n) is 4.16. The molecule has 0 aliphatic rings. The van der Waals surface area contributed by atoms with E-state index in [1.165, 1.54) is 39.4 Å². The van der Waals surface area contributed by atoms with Crippen LogP contribution in [0, 0.1) is 0 Å². The predicted octanol–water partition coefficient (Wildman–Crippen LogP) is 2.89. The first-order valence-electron chi connectivity index (χ1n) is 8.55. The van der Waals surface area contributed by atoms with Crippen molar-refractivity contribution in [1.29, 1.82) is 0 Å². The molecule has 1 atom stereocenters. The Labute approximate surface area is 170 Å². The first-order valence-corrected chi connectivity index (χ1v) is 10.4. The molecular weight excluding hydrogens is 402 g/mol. The molecule has 0 heterocycles. The lowest BCUT2D eigenvalue weighted by Gasteiger charge is -2.17. The van der Waals surface area contributed by atoms with E-state index in [1.54, 1.807) is 6.07 Å². The molecule has 0 aliphatic heterocycles. The van der Waals surface area contributed by atoms with Crippen LogP contribution in [0.5, 0.6) is 5.75 Å². The van der Waals surface area contributed by atoms with Gasteiger partial charge in [-0.15, -0.1) is 0 Å². The van der Waals surface area contributed by atoms with Crippen molar-refractivity contribution in [2.45, 2.75) is 17.9 Å². The molecule has 0 unspecified atom stereocenters. The fourth-order valence-corrected chi connectivity index (χ4v) is 3.76. The minimum atomic E-state index is -3.63. The molecule has 28 heavy (non-hydrogen) atoms. The molecule has 0 aliphatic carbocycles. The molecule has 1 amide bonds. The molecule has 2 aromatic carbocycles. The summed E-state index contributed by atoms with van der Waals surface area (Å²) in [6.45, 7) is 1.92. The number of halogens is 1. The SMILES string of the molecule is COc1ccc(S(=O)(=O)N(C)C)cc1NC(=O)CN[C@@H](C)c1ccccc1Cl. The van der Waals surface area contributed by atoms with E-state index in [0.717, 1.165) is 9.87 Å².